The highest BCUT2D eigenvalue weighted by atomic mass is 32.2. The van der Waals surface area contributed by atoms with Crippen LogP contribution >= 0.6 is 11.8 Å². The number of aliphatic imine (C=N–C) groups is 1. The summed E-state index contributed by atoms with van der Waals surface area (Å²) >= 11 is 1.61. The number of aryl methyl sites for hydroxylation is 1. The third-order valence-electron chi connectivity index (χ3n) is 8.19. The van der Waals surface area contributed by atoms with Gasteiger partial charge in [0.2, 0.25) is 0 Å². The van der Waals surface area contributed by atoms with Gasteiger partial charge in [0.25, 0.3) is 5.91 Å². The summed E-state index contributed by atoms with van der Waals surface area (Å²) in [5.41, 5.74) is 4.88. The smallest absolute Gasteiger partial charge is 0.267 e. The van der Waals surface area contributed by atoms with Crippen LogP contribution in [0.15, 0.2) is 64.6 Å². The zero-order chi connectivity index (χ0) is 25.2. The van der Waals surface area contributed by atoms with E-state index in [4.69, 9.17) is 4.99 Å². The van der Waals surface area contributed by atoms with Crippen molar-refractivity contribution in [3.8, 4) is 0 Å². The molecule has 0 atom stereocenters. The molecule has 1 amide bonds. The maximum absolute atomic E-state index is 13.9. The average molecular weight is 512 g/mol. The highest BCUT2D eigenvalue weighted by molar-refractivity contribution is 8.18. The predicted octanol–water partition coefficient (Wildman–Crippen LogP) is 7.94. The van der Waals surface area contributed by atoms with Crippen LogP contribution in [-0.2, 0) is 11.3 Å². The molecule has 5 heteroatoms. The second-order valence-electron chi connectivity index (χ2n) is 11.0. The van der Waals surface area contributed by atoms with Crippen LogP contribution in [0.2, 0.25) is 0 Å². The Bertz CT molecular complexity index is 1340. The number of carbonyl (C=O) groups is 1. The van der Waals surface area contributed by atoms with Gasteiger partial charge in [0.05, 0.1) is 10.9 Å². The molecule has 6 rings (SSSR count). The summed E-state index contributed by atoms with van der Waals surface area (Å²) in [6, 6.07) is 17.9. The molecule has 1 aliphatic heterocycles. The van der Waals surface area contributed by atoms with Gasteiger partial charge in [0, 0.05) is 35.2 Å². The third kappa shape index (κ3) is 5.29. The van der Waals surface area contributed by atoms with Crippen LogP contribution in [0.4, 0.5) is 0 Å². The van der Waals surface area contributed by atoms with E-state index in [2.05, 4.69) is 77.2 Å². The number of para-hydroxylation sites is 1. The zero-order valence-corrected chi connectivity index (χ0v) is 22.7. The van der Waals surface area contributed by atoms with Crippen molar-refractivity contribution in [3.63, 3.8) is 0 Å². The fraction of sp³-hybridized carbons (Fsp3) is 0.438. The van der Waals surface area contributed by atoms with Gasteiger partial charge in [-0.15, -0.1) is 0 Å². The van der Waals surface area contributed by atoms with E-state index in [1.54, 1.807) is 11.8 Å². The monoisotopic (exact) mass is 511 g/mol. The van der Waals surface area contributed by atoms with Crippen molar-refractivity contribution in [3.05, 3.63) is 76.3 Å². The minimum atomic E-state index is 0.155. The summed E-state index contributed by atoms with van der Waals surface area (Å²) < 4.78 is 2.32. The highest BCUT2D eigenvalue weighted by Crippen LogP contribution is 2.39. The normalized spacial score (nSPS) is 22.1. The van der Waals surface area contributed by atoms with Gasteiger partial charge >= 0.3 is 0 Å². The Labute approximate surface area is 224 Å². The SMILES string of the molecule is Cc1cccc(Cn2cc(/C=C3\SC(=NC4CCCCC4)N(C4CCCCC4)C3=O)c3ccccc32)c1. The first-order valence-electron chi connectivity index (χ1n) is 14.1. The molecule has 0 bridgehead atoms. The number of amidine groups is 1. The quantitative estimate of drug-likeness (QED) is 0.326. The maximum Gasteiger partial charge on any atom is 0.267 e. The molecule has 2 saturated carbocycles. The molecule has 192 valence electrons. The molecule has 0 radical (unpaired) electrons. The zero-order valence-electron chi connectivity index (χ0n) is 21.9. The second kappa shape index (κ2) is 10.9. The van der Waals surface area contributed by atoms with Crippen LogP contribution in [0.1, 0.15) is 80.9 Å². The number of rotatable bonds is 5. The Morgan fingerprint density at radius 3 is 2.49 bits per heavy atom. The van der Waals surface area contributed by atoms with E-state index in [1.165, 1.54) is 60.6 Å². The lowest BCUT2D eigenvalue weighted by atomic mass is 9.94. The van der Waals surface area contributed by atoms with Crippen molar-refractivity contribution < 1.29 is 4.79 Å². The Kier molecular flexibility index (Phi) is 7.23. The average Bonchev–Trinajstić information content (AvgIpc) is 3.42. The molecule has 1 saturated heterocycles. The van der Waals surface area contributed by atoms with Crippen LogP contribution in [0.5, 0.6) is 0 Å². The fourth-order valence-corrected chi connectivity index (χ4v) is 7.37. The van der Waals surface area contributed by atoms with Gasteiger partial charge in [-0.05, 0) is 62.1 Å². The lowest BCUT2D eigenvalue weighted by molar-refractivity contribution is -0.124. The van der Waals surface area contributed by atoms with E-state index in [0.717, 1.165) is 47.9 Å². The first-order valence-corrected chi connectivity index (χ1v) is 14.9. The summed E-state index contributed by atoms with van der Waals surface area (Å²) in [7, 11) is 0. The molecular formula is C32H37N3OS. The van der Waals surface area contributed by atoms with E-state index in [1.807, 2.05) is 0 Å². The lowest BCUT2D eigenvalue weighted by Crippen LogP contribution is -2.41. The van der Waals surface area contributed by atoms with E-state index < -0.39 is 0 Å². The highest BCUT2D eigenvalue weighted by Gasteiger charge is 2.39. The first-order chi connectivity index (χ1) is 18.2. The maximum atomic E-state index is 13.9. The number of hydrogen-bond donors (Lipinski definition) is 0. The molecule has 2 aromatic carbocycles. The van der Waals surface area contributed by atoms with Gasteiger partial charge in [-0.2, -0.15) is 0 Å². The third-order valence-corrected chi connectivity index (χ3v) is 9.18. The molecule has 1 aromatic heterocycles. The second-order valence-corrected chi connectivity index (χ2v) is 12.0. The number of thioether (sulfide) groups is 1. The number of carbonyl (C=O) groups excluding carboxylic acids is 1. The van der Waals surface area contributed by atoms with Crippen LogP contribution in [0.3, 0.4) is 0 Å². The van der Waals surface area contributed by atoms with Crippen molar-refractivity contribution in [1.29, 1.82) is 0 Å². The molecule has 3 aromatic rings. The van der Waals surface area contributed by atoms with E-state index in [9.17, 15) is 4.79 Å². The minimum absolute atomic E-state index is 0.155. The van der Waals surface area contributed by atoms with Crippen LogP contribution in [-0.4, -0.2) is 32.6 Å². The van der Waals surface area contributed by atoms with E-state index in [-0.39, 0.29) is 5.91 Å². The van der Waals surface area contributed by atoms with Gasteiger partial charge in [0.1, 0.15) is 0 Å². The van der Waals surface area contributed by atoms with Crippen LogP contribution in [0, 0.1) is 6.92 Å². The Morgan fingerprint density at radius 1 is 0.946 bits per heavy atom. The van der Waals surface area contributed by atoms with Gasteiger partial charge in [-0.1, -0.05) is 86.6 Å². The standard InChI is InChI=1S/C32H37N3OS/c1-23-11-10-12-24(19-23)21-34-22-25(28-17-8-9-18-29(28)34)20-30-31(36)35(27-15-6-3-7-16-27)32(37-30)33-26-13-4-2-5-14-26/h8-12,17-20,22,26-27H,2-7,13-16,21H2,1H3/b30-20-,33-32?. The molecule has 4 nitrogen and oxygen atoms in total. The molecule has 37 heavy (non-hydrogen) atoms. The summed E-state index contributed by atoms with van der Waals surface area (Å²) in [6.45, 7) is 2.95. The summed E-state index contributed by atoms with van der Waals surface area (Å²) in [5, 5.41) is 2.15. The number of hydrogen-bond acceptors (Lipinski definition) is 3. The predicted molar refractivity (Wildman–Crippen MR) is 156 cm³/mol. The Balaban J connectivity index is 1.35. The Hall–Kier alpha value is -2.79. The molecule has 2 heterocycles. The molecule has 0 N–H and O–H groups in total. The summed E-state index contributed by atoms with van der Waals surface area (Å²) in [5.74, 6) is 0.155. The number of benzene rings is 2. The largest absolute Gasteiger partial charge is 0.342 e. The topological polar surface area (TPSA) is 37.6 Å². The molecule has 3 fully saturated rings. The van der Waals surface area contributed by atoms with Crippen molar-refractivity contribution in [1.82, 2.24) is 9.47 Å². The number of fused-ring (bicyclic) bond motifs is 1. The van der Waals surface area contributed by atoms with Crippen molar-refractivity contribution in [2.24, 2.45) is 4.99 Å². The fourth-order valence-electron chi connectivity index (χ4n) is 6.27. The lowest BCUT2D eigenvalue weighted by Gasteiger charge is -2.31. The van der Waals surface area contributed by atoms with E-state index in [0.29, 0.717) is 12.1 Å². The molecule has 0 unspecified atom stereocenters. The summed E-state index contributed by atoms with van der Waals surface area (Å²) in [6.07, 6.45) is 16.4. The van der Waals surface area contributed by atoms with E-state index >= 15 is 0 Å². The van der Waals surface area contributed by atoms with Crippen molar-refractivity contribution in [2.45, 2.75) is 89.8 Å². The first kappa shape index (κ1) is 24.5. The number of aromatic nitrogens is 1. The van der Waals surface area contributed by atoms with Crippen LogP contribution < -0.4 is 0 Å². The van der Waals surface area contributed by atoms with Crippen molar-refractivity contribution >= 4 is 39.8 Å². The molecule has 2 aliphatic carbocycles. The summed E-state index contributed by atoms with van der Waals surface area (Å²) in [4.78, 5) is 22.0. The van der Waals surface area contributed by atoms with Gasteiger partial charge in [0.15, 0.2) is 5.17 Å². The van der Waals surface area contributed by atoms with Gasteiger partial charge in [-0.3, -0.25) is 14.7 Å². The molecule has 0 spiro atoms. The van der Waals surface area contributed by atoms with Crippen LogP contribution in [0.25, 0.3) is 17.0 Å². The molecule has 3 aliphatic rings. The van der Waals surface area contributed by atoms with Gasteiger partial charge < -0.3 is 4.57 Å². The van der Waals surface area contributed by atoms with Crippen molar-refractivity contribution in [2.75, 3.05) is 0 Å². The Morgan fingerprint density at radius 2 is 1.70 bits per heavy atom. The molecular weight excluding hydrogens is 474 g/mol. The number of nitrogens with zero attached hydrogens (tertiary/aromatic N) is 3. The van der Waals surface area contributed by atoms with Gasteiger partial charge in [-0.25, -0.2) is 0 Å². The minimum Gasteiger partial charge on any atom is -0.342 e. The number of amides is 1.